The van der Waals surface area contributed by atoms with Crippen LogP contribution in [0, 0.1) is 0 Å². The van der Waals surface area contributed by atoms with Crippen LogP contribution in [-0.4, -0.2) is 28.9 Å². The number of halogens is 1. The van der Waals surface area contributed by atoms with Gasteiger partial charge in [-0.25, -0.2) is 4.79 Å². The van der Waals surface area contributed by atoms with Crippen LogP contribution in [0.15, 0.2) is 4.21 Å². The SMILES string of the molecule is CCCCSc1sc(C(=O)OCC)c2c1C(=O)C(Br)CC2. The number of thiophene rings is 1. The molecule has 1 unspecified atom stereocenters. The van der Waals surface area contributed by atoms with E-state index in [4.69, 9.17) is 4.74 Å². The summed E-state index contributed by atoms with van der Waals surface area (Å²) in [6.45, 7) is 4.31. The number of hydrogen-bond acceptors (Lipinski definition) is 5. The van der Waals surface area contributed by atoms with E-state index in [0.717, 1.165) is 46.8 Å². The van der Waals surface area contributed by atoms with Gasteiger partial charge in [0.15, 0.2) is 5.78 Å². The van der Waals surface area contributed by atoms with Gasteiger partial charge in [0, 0.05) is 5.56 Å². The predicted molar refractivity (Wildman–Crippen MR) is 91.3 cm³/mol. The highest BCUT2D eigenvalue weighted by molar-refractivity contribution is 9.10. The molecular weight excluding hydrogens is 372 g/mol. The minimum absolute atomic E-state index is 0.113. The molecule has 1 aromatic heterocycles. The molecule has 1 aliphatic carbocycles. The number of ether oxygens (including phenoxy) is 1. The van der Waals surface area contributed by atoms with Gasteiger partial charge in [-0.2, -0.15) is 0 Å². The summed E-state index contributed by atoms with van der Waals surface area (Å²) in [4.78, 5) is 25.1. The Bertz CT molecular complexity index is 539. The van der Waals surface area contributed by atoms with Gasteiger partial charge in [0.1, 0.15) is 4.88 Å². The first-order valence-corrected chi connectivity index (χ1v) is 9.95. The van der Waals surface area contributed by atoms with E-state index < -0.39 is 0 Å². The maximum absolute atomic E-state index is 12.5. The van der Waals surface area contributed by atoms with Crippen LogP contribution in [0.4, 0.5) is 0 Å². The standard InChI is InChI=1S/C15H19BrO3S2/c1-3-5-8-20-15-11-9(6-7-10(16)12(11)17)13(21-15)14(18)19-4-2/h10H,3-8H2,1-2H3. The molecule has 1 heterocycles. The van der Waals surface area contributed by atoms with E-state index in [-0.39, 0.29) is 16.6 Å². The molecule has 0 aromatic carbocycles. The fourth-order valence-corrected chi connectivity index (χ4v) is 5.42. The van der Waals surface area contributed by atoms with E-state index in [2.05, 4.69) is 22.9 Å². The van der Waals surface area contributed by atoms with Crippen molar-refractivity contribution in [3.05, 3.63) is 16.0 Å². The van der Waals surface area contributed by atoms with Gasteiger partial charge in [0.05, 0.1) is 15.6 Å². The van der Waals surface area contributed by atoms with E-state index in [1.54, 1.807) is 18.7 Å². The van der Waals surface area contributed by atoms with Gasteiger partial charge in [-0.15, -0.1) is 23.1 Å². The van der Waals surface area contributed by atoms with Crippen LogP contribution in [-0.2, 0) is 11.2 Å². The van der Waals surface area contributed by atoms with Crippen molar-refractivity contribution >= 4 is 50.8 Å². The molecule has 1 aromatic rings. The summed E-state index contributed by atoms with van der Waals surface area (Å²) in [7, 11) is 0. The molecule has 0 N–H and O–H groups in total. The first kappa shape index (κ1) is 17.0. The number of fused-ring (bicyclic) bond motifs is 1. The number of unbranched alkanes of at least 4 members (excludes halogenated alkanes) is 1. The third-order valence-corrected chi connectivity index (χ3v) is 6.79. The van der Waals surface area contributed by atoms with Crippen LogP contribution in [0.25, 0.3) is 0 Å². The average Bonchev–Trinajstić information content (AvgIpc) is 2.83. The zero-order valence-electron chi connectivity index (χ0n) is 12.2. The van der Waals surface area contributed by atoms with Crippen LogP contribution in [0.5, 0.6) is 0 Å². The van der Waals surface area contributed by atoms with Crippen molar-refractivity contribution in [1.29, 1.82) is 0 Å². The van der Waals surface area contributed by atoms with Crippen LogP contribution >= 0.6 is 39.0 Å². The minimum atomic E-state index is -0.290. The van der Waals surface area contributed by atoms with Crippen LogP contribution < -0.4 is 0 Å². The number of rotatable bonds is 6. The van der Waals surface area contributed by atoms with Gasteiger partial charge in [-0.05, 0) is 37.5 Å². The van der Waals surface area contributed by atoms with Gasteiger partial charge in [0.25, 0.3) is 0 Å². The summed E-state index contributed by atoms with van der Waals surface area (Å²) in [5.74, 6) is 0.801. The molecule has 3 nitrogen and oxygen atoms in total. The molecule has 0 radical (unpaired) electrons. The van der Waals surface area contributed by atoms with E-state index in [9.17, 15) is 9.59 Å². The third kappa shape index (κ3) is 3.71. The third-order valence-electron chi connectivity index (χ3n) is 3.35. The van der Waals surface area contributed by atoms with Gasteiger partial charge < -0.3 is 4.74 Å². The Labute approximate surface area is 142 Å². The second-order valence-corrected chi connectivity index (χ2v) is 8.35. The Morgan fingerprint density at radius 1 is 1.48 bits per heavy atom. The Balaban J connectivity index is 2.36. The molecular formula is C15H19BrO3S2. The quantitative estimate of drug-likeness (QED) is 0.305. The second-order valence-electron chi connectivity index (χ2n) is 4.87. The molecule has 0 amide bonds. The smallest absolute Gasteiger partial charge is 0.348 e. The molecule has 6 heteroatoms. The Kier molecular flexibility index (Phi) is 6.32. The lowest BCUT2D eigenvalue weighted by Gasteiger charge is -2.17. The Morgan fingerprint density at radius 3 is 2.90 bits per heavy atom. The van der Waals surface area contributed by atoms with E-state index in [1.165, 1.54) is 11.3 Å². The number of hydrogen-bond donors (Lipinski definition) is 0. The molecule has 116 valence electrons. The van der Waals surface area contributed by atoms with Crippen molar-refractivity contribution < 1.29 is 14.3 Å². The lowest BCUT2D eigenvalue weighted by Crippen LogP contribution is -2.23. The summed E-state index contributed by atoms with van der Waals surface area (Å²) in [6.07, 6.45) is 3.74. The summed E-state index contributed by atoms with van der Waals surface area (Å²) in [5, 5.41) is 0. The largest absolute Gasteiger partial charge is 0.462 e. The molecule has 1 atom stereocenters. The van der Waals surface area contributed by atoms with Gasteiger partial charge in [0.2, 0.25) is 0 Å². The first-order chi connectivity index (χ1) is 10.1. The van der Waals surface area contributed by atoms with E-state index in [1.807, 2.05) is 0 Å². The molecule has 0 spiro atoms. The highest BCUT2D eigenvalue weighted by Crippen LogP contribution is 2.42. The van der Waals surface area contributed by atoms with E-state index in [0.29, 0.717) is 11.5 Å². The highest BCUT2D eigenvalue weighted by Gasteiger charge is 2.34. The molecule has 21 heavy (non-hydrogen) atoms. The van der Waals surface area contributed by atoms with Crippen molar-refractivity contribution in [1.82, 2.24) is 0 Å². The van der Waals surface area contributed by atoms with Gasteiger partial charge in [-0.3, -0.25) is 4.79 Å². The van der Waals surface area contributed by atoms with Crippen molar-refractivity contribution in [3.63, 3.8) is 0 Å². The van der Waals surface area contributed by atoms with Crippen molar-refractivity contribution in [2.75, 3.05) is 12.4 Å². The summed E-state index contributed by atoms with van der Waals surface area (Å²) >= 11 is 6.56. The summed E-state index contributed by atoms with van der Waals surface area (Å²) in [5.41, 5.74) is 1.66. The van der Waals surface area contributed by atoms with Crippen molar-refractivity contribution in [2.45, 2.75) is 48.6 Å². The maximum atomic E-state index is 12.5. The molecule has 0 saturated carbocycles. The lowest BCUT2D eigenvalue weighted by atomic mass is 9.92. The maximum Gasteiger partial charge on any atom is 0.348 e. The number of carbonyl (C=O) groups is 2. The number of carbonyl (C=O) groups excluding carboxylic acids is 2. The zero-order valence-corrected chi connectivity index (χ0v) is 15.5. The predicted octanol–water partition coefficient (Wildman–Crippen LogP) is 4.71. The monoisotopic (exact) mass is 390 g/mol. The van der Waals surface area contributed by atoms with Crippen molar-refractivity contribution in [2.24, 2.45) is 0 Å². The zero-order chi connectivity index (χ0) is 15.4. The Morgan fingerprint density at radius 2 is 2.24 bits per heavy atom. The molecule has 0 aliphatic heterocycles. The summed E-state index contributed by atoms with van der Waals surface area (Å²) < 4.78 is 6.12. The second kappa shape index (κ2) is 7.79. The van der Waals surface area contributed by atoms with Gasteiger partial charge in [-0.1, -0.05) is 29.3 Å². The lowest BCUT2D eigenvalue weighted by molar-refractivity contribution is 0.0531. The topological polar surface area (TPSA) is 43.4 Å². The van der Waals surface area contributed by atoms with Crippen LogP contribution in [0.3, 0.4) is 0 Å². The fraction of sp³-hybridized carbons (Fsp3) is 0.600. The van der Waals surface area contributed by atoms with Crippen LogP contribution in [0.1, 0.15) is 58.7 Å². The normalized spacial score (nSPS) is 17.7. The van der Waals surface area contributed by atoms with E-state index >= 15 is 0 Å². The van der Waals surface area contributed by atoms with Gasteiger partial charge >= 0.3 is 5.97 Å². The number of esters is 1. The highest BCUT2D eigenvalue weighted by atomic mass is 79.9. The number of alkyl halides is 1. The summed E-state index contributed by atoms with van der Waals surface area (Å²) in [6, 6.07) is 0. The molecule has 0 saturated heterocycles. The Hall–Kier alpha value is -0.330. The number of thioether (sulfide) groups is 1. The van der Waals surface area contributed by atoms with Crippen molar-refractivity contribution in [3.8, 4) is 0 Å². The number of ketones is 1. The molecule has 2 rings (SSSR count). The molecule has 0 bridgehead atoms. The first-order valence-electron chi connectivity index (χ1n) is 7.24. The molecule has 1 aliphatic rings. The van der Waals surface area contributed by atoms with Crippen LogP contribution in [0.2, 0.25) is 0 Å². The molecule has 0 fully saturated rings. The minimum Gasteiger partial charge on any atom is -0.462 e. The average molecular weight is 391 g/mol. The fourth-order valence-electron chi connectivity index (χ4n) is 2.26. The number of Topliss-reactive ketones (excluding diaryl/α,β-unsaturated/α-hetero) is 1.